The van der Waals surface area contributed by atoms with Crippen molar-refractivity contribution in [3.63, 3.8) is 0 Å². The number of nitrogens with zero attached hydrogens (tertiary/aromatic N) is 1. The molecule has 0 spiro atoms. The zero-order valence-corrected chi connectivity index (χ0v) is 9.80. The second-order valence-corrected chi connectivity index (χ2v) is 5.80. The fourth-order valence-corrected chi connectivity index (χ4v) is 1.80. The first-order valence-electron chi connectivity index (χ1n) is 4.64. The van der Waals surface area contributed by atoms with Gasteiger partial charge in [-0.05, 0) is 26.7 Å². The van der Waals surface area contributed by atoms with Crippen LogP contribution < -0.4 is 5.73 Å². The summed E-state index contributed by atoms with van der Waals surface area (Å²) >= 11 is 3.65. The Morgan fingerprint density at radius 2 is 2.15 bits per heavy atom. The minimum absolute atomic E-state index is 0.245. The van der Waals surface area contributed by atoms with Crippen molar-refractivity contribution in [1.29, 1.82) is 0 Å². The van der Waals surface area contributed by atoms with Gasteiger partial charge in [-0.3, -0.25) is 9.69 Å². The van der Waals surface area contributed by atoms with Gasteiger partial charge in [-0.1, -0.05) is 15.9 Å². The quantitative estimate of drug-likeness (QED) is 0.742. The predicted octanol–water partition coefficient (Wildman–Crippen LogP) is 1.11. The van der Waals surface area contributed by atoms with Crippen LogP contribution in [0.1, 0.15) is 26.7 Å². The Bertz CT molecular complexity index is 202. The Balaban J connectivity index is 2.42. The van der Waals surface area contributed by atoms with E-state index in [0.29, 0.717) is 12.6 Å². The summed E-state index contributed by atoms with van der Waals surface area (Å²) in [7, 11) is 0. The minimum Gasteiger partial charge on any atom is -0.369 e. The van der Waals surface area contributed by atoms with E-state index in [2.05, 4.69) is 34.7 Å². The van der Waals surface area contributed by atoms with Crippen LogP contribution in [0.2, 0.25) is 0 Å². The molecule has 3 nitrogen and oxygen atoms in total. The van der Waals surface area contributed by atoms with E-state index in [0.717, 1.165) is 6.54 Å². The summed E-state index contributed by atoms with van der Waals surface area (Å²) in [5, 5.41) is 0. The fraction of sp³-hybridized carbons (Fsp3) is 0.889. The van der Waals surface area contributed by atoms with Crippen LogP contribution >= 0.6 is 15.9 Å². The van der Waals surface area contributed by atoms with Gasteiger partial charge < -0.3 is 5.73 Å². The van der Waals surface area contributed by atoms with Gasteiger partial charge in [0, 0.05) is 16.9 Å². The van der Waals surface area contributed by atoms with Crippen LogP contribution in [0.15, 0.2) is 0 Å². The Morgan fingerprint density at radius 1 is 1.62 bits per heavy atom. The summed E-state index contributed by atoms with van der Waals surface area (Å²) in [4.78, 5) is 12.9. The lowest BCUT2D eigenvalue weighted by Crippen LogP contribution is -2.42. The molecule has 0 aromatic heterocycles. The van der Waals surface area contributed by atoms with Gasteiger partial charge >= 0.3 is 0 Å². The molecule has 0 radical (unpaired) electrons. The first-order valence-corrected chi connectivity index (χ1v) is 5.43. The molecule has 0 heterocycles. The summed E-state index contributed by atoms with van der Waals surface area (Å²) in [5.74, 6) is -0.245. The van der Waals surface area contributed by atoms with Gasteiger partial charge in [0.25, 0.3) is 0 Å². The van der Waals surface area contributed by atoms with Crippen LogP contribution in [0.5, 0.6) is 0 Å². The largest absolute Gasteiger partial charge is 0.369 e. The molecule has 1 rings (SSSR count). The smallest absolute Gasteiger partial charge is 0.231 e. The van der Waals surface area contributed by atoms with Crippen molar-refractivity contribution >= 4 is 21.8 Å². The first-order chi connectivity index (χ1) is 5.93. The third-order valence-electron chi connectivity index (χ3n) is 2.37. The number of hydrogen-bond acceptors (Lipinski definition) is 2. The molecule has 0 unspecified atom stereocenters. The van der Waals surface area contributed by atoms with E-state index in [4.69, 9.17) is 5.73 Å². The summed E-state index contributed by atoms with van der Waals surface area (Å²) in [5.41, 5.74) is 5.17. The molecule has 0 aliphatic heterocycles. The first kappa shape index (κ1) is 11.0. The van der Waals surface area contributed by atoms with E-state index in [-0.39, 0.29) is 10.2 Å². The Morgan fingerprint density at radius 3 is 2.46 bits per heavy atom. The number of hydrogen-bond donors (Lipinski definition) is 1. The molecular formula is C9H17BrN2O. The molecule has 76 valence electrons. The van der Waals surface area contributed by atoms with Crippen LogP contribution in [0.25, 0.3) is 0 Å². The third-order valence-corrected chi connectivity index (χ3v) is 3.41. The van der Waals surface area contributed by atoms with E-state index in [1.807, 2.05) is 0 Å². The van der Waals surface area contributed by atoms with Gasteiger partial charge in [-0.25, -0.2) is 0 Å². The number of amides is 1. The van der Waals surface area contributed by atoms with Crippen LogP contribution in [-0.4, -0.2) is 34.3 Å². The highest BCUT2D eigenvalue weighted by Crippen LogP contribution is 2.45. The van der Waals surface area contributed by atoms with Crippen LogP contribution in [-0.2, 0) is 4.79 Å². The monoisotopic (exact) mass is 248 g/mol. The molecule has 0 aromatic rings. The molecule has 2 N–H and O–H groups in total. The summed E-state index contributed by atoms with van der Waals surface area (Å²) in [6.45, 7) is 5.46. The average molecular weight is 249 g/mol. The molecular weight excluding hydrogens is 232 g/mol. The lowest BCUT2D eigenvalue weighted by molar-refractivity contribution is -0.119. The van der Waals surface area contributed by atoms with Crippen LogP contribution in [0.3, 0.4) is 0 Å². The number of nitrogens with two attached hydrogens (primary N) is 1. The minimum atomic E-state index is -0.245. The molecule has 1 aliphatic carbocycles. The van der Waals surface area contributed by atoms with Gasteiger partial charge in [-0.2, -0.15) is 0 Å². The molecule has 0 atom stereocenters. The molecule has 1 aliphatic rings. The lowest BCUT2D eigenvalue weighted by atomic mass is 10.2. The van der Waals surface area contributed by atoms with E-state index in [1.165, 1.54) is 12.8 Å². The van der Waals surface area contributed by atoms with Gasteiger partial charge in [-0.15, -0.1) is 0 Å². The normalized spacial score (nSPS) is 19.5. The molecule has 0 saturated heterocycles. The highest BCUT2D eigenvalue weighted by molar-refractivity contribution is 9.10. The van der Waals surface area contributed by atoms with Crippen LogP contribution in [0, 0.1) is 0 Å². The second-order valence-electron chi connectivity index (χ2n) is 4.12. The van der Waals surface area contributed by atoms with E-state index < -0.39 is 0 Å². The molecule has 13 heavy (non-hydrogen) atoms. The van der Waals surface area contributed by atoms with Gasteiger partial charge in [0.2, 0.25) is 5.91 Å². The van der Waals surface area contributed by atoms with Crippen molar-refractivity contribution in [2.75, 3.05) is 13.1 Å². The fourth-order valence-electron chi connectivity index (χ4n) is 1.28. The number of carbonyl (C=O) groups is 1. The Kier molecular flexibility index (Phi) is 3.35. The van der Waals surface area contributed by atoms with Crippen molar-refractivity contribution in [3.8, 4) is 0 Å². The number of halogens is 1. The molecule has 0 aromatic carbocycles. The van der Waals surface area contributed by atoms with Crippen molar-refractivity contribution in [3.05, 3.63) is 0 Å². The lowest BCUT2D eigenvalue weighted by Gasteiger charge is -2.27. The maximum atomic E-state index is 10.8. The summed E-state index contributed by atoms with van der Waals surface area (Å²) < 4.78 is 0.271. The predicted molar refractivity (Wildman–Crippen MR) is 56.8 cm³/mol. The van der Waals surface area contributed by atoms with Crippen molar-refractivity contribution in [2.45, 2.75) is 37.1 Å². The second kappa shape index (κ2) is 3.96. The molecule has 1 amide bonds. The van der Waals surface area contributed by atoms with Gasteiger partial charge in [0.1, 0.15) is 0 Å². The van der Waals surface area contributed by atoms with Gasteiger partial charge in [0.15, 0.2) is 0 Å². The van der Waals surface area contributed by atoms with Crippen molar-refractivity contribution < 1.29 is 4.79 Å². The standard InChI is InChI=1S/C9H17BrN2O/c1-7(2)12(5-8(11)13)6-9(10)3-4-9/h7H,3-6H2,1-2H3,(H2,11,13). The topological polar surface area (TPSA) is 46.3 Å². The van der Waals surface area contributed by atoms with Gasteiger partial charge in [0.05, 0.1) is 6.54 Å². The van der Waals surface area contributed by atoms with E-state index in [1.54, 1.807) is 0 Å². The molecule has 1 fully saturated rings. The van der Waals surface area contributed by atoms with E-state index in [9.17, 15) is 4.79 Å². The Hall–Kier alpha value is -0.0900. The number of alkyl halides is 1. The van der Waals surface area contributed by atoms with Crippen molar-refractivity contribution in [1.82, 2.24) is 4.90 Å². The average Bonchev–Trinajstić information content (AvgIpc) is 2.65. The third kappa shape index (κ3) is 3.65. The van der Waals surface area contributed by atoms with E-state index >= 15 is 0 Å². The maximum Gasteiger partial charge on any atom is 0.231 e. The SMILES string of the molecule is CC(C)N(CC(N)=O)CC1(Br)CC1. The van der Waals surface area contributed by atoms with Crippen LogP contribution in [0.4, 0.5) is 0 Å². The number of primary amides is 1. The molecule has 4 heteroatoms. The maximum absolute atomic E-state index is 10.8. The zero-order valence-electron chi connectivity index (χ0n) is 8.22. The highest BCUT2D eigenvalue weighted by Gasteiger charge is 2.41. The number of rotatable bonds is 5. The molecule has 1 saturated carbocycles. The molecule has 0 bridgehead atoms. The number of carbonyl (C=O) groups excluding carboxylic acids is 1. The highest BCUT2D eigenvalue weighted by atomic mass is 79.9. The Labute approximate surface area is 87.8 Å². The summed E-state index contributed by atoms with van der Waals surface area (Å²) in [6, 6.07) is 0.377. The summed E-state index contributed by atoms with van der Waals surface area (Å²) in [6.07, 6.45) is 2.41. The van der Waals surface area contributed by atoms with Crippen molar-refractivity contribution in [2.24, 2.45) is 5.73 Å². The zero-order chi connectivity index (χ0) is 10.1.